The monoisotopic (exact) mass is 498 g/mol. The molecule has 9 heteroatoms. The summed E-state index contributed by atoms with van der Waals surface area (Å²) in [7, 11) is 3.33. The number of nitrogens with two attached hydrogens (primary N) is 1. The van der Waals surface area contributed by atoms with Gasteiger partial charge in [-0.05, 0) is 73.4 Å². The molecule has 0 bridgehead atoms. The number of fused-ring (bicyclic) bond motifs is 1. The van der Waals surface area contributed by atoms with Gasteiger partial charge in [0.25, 0.3) is 5.91 Å². The average molecular weight is 499 g/mol. The SMILES string of the molecule is COc1ccc(C2(O)CC3CC(c4nn(C)c(N)c4C(=O)Nc4ccc(F)c(Cl)c4)CC3C2)cc1. The van der Waals surface area contributed by atoms with Crippen molar-refractivity contribution < 1.29 is 19.0 Å². The maximum Gasteiger partial charge on any atom is 0.261 e. The summed E-state index contributed by atoms with van der Waals surface area (Å²) in [5.74, 6) is 0.781. The van der Waals surface area contributed by atoms with Crippen molar-refractivity contribution in [2.45, 2.75) is 37.2 Å². The zero-order valence-corrected chi connectivity index (χ0v) is 20.3. The Morgan fingerprint density at radius 3 is 2.49 bits per heavy atom. The minimum atomic E-state index is -0.863. The Hall–Kier alpha value is -3.10. The summed E-state index contributed by atoms with van der Waals surface area (Å²) in [6, 6.07) is 11.6. The van der Waals surface area contributed by atoms with Crippen LogP contribution in [0.25, 0.3) is 0 Å². The van der Waals surface area contributed by atoms with Crippen molar-refractivity contribution in [1.82, 2.24) is 9.78 Å². The van der Waals surface area contributed by atoms with Crippen LogP contribution in [0, 0.1) is 17.7 Å². The number of carbonyl (C=O) groups is 1. The highest BCUT2D eigenvalue weighted by atomic mass is 35.5. The van der Waals surface area contributed by atoms with E-state index in [-0.39, 0.29) is 16.8 Å². The van der Waals surface area contributed by atoms with Gasteiger partial charge in [-0.2, -0.15) is 5.10 Å². The third-order valence-corrected chi connectivity index (χ3v) is 7.87. The summed E-state index contributed by atoms with van der Waals surface area (Å²) in [5.41, 5.74) is 7.66. The van der Waals surface area contributed by atoms with E-state index in [1.165, 1.54) is 22.9 Å². The molecule has 0 aliphatic heterocycles. The fourth-order valence-corrected chi connectivity index (χ4v) is 6.05. The highest BCUT2D eigenvalue weighted by Crippen LogP contribution is 2.57. The Bertz CT molecular complexity index is 1260. The summed E-state index contributed by atoms with van der Waals surface area (Å²) in [6.07, 6.45) is 2.97. The first-order chi connectivity index (χ1) is 16.7. The molecule has 4 N–H and O–H groups in total. The number of aliphatic hydroxyl groups is 1. The van der Waals surface area contributed by atoms with Crippen molar-refractivity contribution in [3.63, 3.8) is 0 Å². The lowest BCUT2D eigenvalue weighted by atomic mass is 9.87. The molecule has 2 saturated carbocycles. The van der Waals surface area contributed by atoms with Crippen LogP contribution in [0.5, 0.6) is 5.75 Å². The van der Waals surface area contributed by atoms with Crippen LogP contribution in [-0.2, 0) is 12.6 Å². The van der Waals surface area contributed by atoms with Crippen LogP contribution >= 0.6 is 11.6 Å². The summed E-state index contributed by atoms with van der Waals surface area (Å²) in [5, 5.41) is 18.7. The first-order valence-corrected chi connectivity index (χ1v) is 12.0. The molecule has 1 heterocycles. The molecule has 2 aromatic carbocycles. The van der Waals surface area contributed by atoms with Crippen LogP contribution in [0.2, 0.25) is 5.02 Å². The standard InChI is InChI=1S/C26H28ClFN4O3/c1-32-24(29)22(25(33)30-18-5-8-21(28)20(27)11-18)23(31-32)14-9-15-12-26(34,13-16(15)10-14)17-3-6-19(35-2)7-4-17/h3-8,11,14-16,34H,9-10,12-13,29H2,1-2H3,(H,30,33). The number of benzene rings is 2. The number of methoxy groups -OCH3 is 1. The van der Waals surface area contributed by atoms with Crippen molar-refractivity contribution in [2.24, 2.45) is 18.9 Å². The van der Waals surface area contributed by atoms with E-state index in [2.05, 4.69) is 10.4 Å². The van der Waals surface area contributed by atoms with Crippen molar-refractivity contribution in [3.05, 3.63) is 70.1 Å². The topological polar surface area (TPSA) is 102 Å². The number of amides is 1. The Kier molecular flexibility index (Phi) is 5.97. The molecule has 184 valence electrons. The molecular formula is C26H28ClFN4O3. The Labute approximate surface area is 208 Å². The second-order valence-electron chi connectivity index (χ2n) is 9.71. The number of nitrogens with one attached hydrogen (secondary N) is 1. The van der Waals surface area contributed by atoms with Crippen LogP contribution in [0.1, 0.15) is 53.2 Å². The third-order valence-electron chi connectivity index (χ3n) is 7.58. The van der Waals surface area contributed by atoms with Gasteiger partial charge in [0.15, 0.2) is 0 Å². The summed E-state index contributed by atoms with van der Waals surface area (Å²) < 4.78 is 20.3. The van der Waals surface area contributed by atoms with Crippen LogP contribution in [0.3, 0.4) is 0 Å². The number of ether oxygens (including phenoxy) is 1. The van der Waals surface area contributed by atoms with Gasteiger partial charge in [0.2, 0.25) is 0 Å². The predicted octanol–water partition coefficient (Wildman–Crippen LogP) is 4.85. The molecule has 3 aromatic rings. The van der Waals surface area contributed by atoms with Gasteiger partial charge in [-0.15, -0.1) is 0 Å². The molecule has 2 aliphatic rings. The molecule has 0 spiro atoms. The summed E-state index contributed by atoms with van der Waals surface area (Å²) >= 11 is 5.86. The van der Waals surface area contributed by atoms with E-state index in [0.717, 1.165) is 24.2 Å². The molecule has 2 aliphatic carbocycles. The maximum atomic E-state index is 13.5. The smallest absolute Gasteiger partial charge is 0.261 e. The molecular weight excluding hydrogens is 471 g/mol. The van der Waals surface area contributed by atoms with Crippen LogP contribution in [0.15, 0.2) is 42.5 Å². The molecule has 1 aromatic heterocycles. The molecule has 1 amide bonds. The van der Waals surface area contributed by atoms with Crippen molar-refractivity contribution in [1.29, 1.82) is 0 Å². The molecule has 35 heavy (non-hydrogen) atoms. The Morgan fingerprint density at radius 2 is 1.89 bits per heavy atom. The predicted molar refractivity (Wildman–Crippen MR) is 132 cm³/mol. The molecule has 2 atom stereocenters. The zero-order valence-electron chi connectivity index (χ0n) is 19.6. The van der Waals surface area contributed by atoms with E-state index in [1.807, 2.05) is 24.3 Å². The number of nitrogens with zero attached hydrogens (tertiary/aromatic N) is 2. The zero-order chi connectivity index (χ0) is 24.9. The van der Waals surface area contributed by atoms with E-state index < -0.39 is 17.3 Å². The number of aromatic nitrogens is 2. The van der Waals surface area contributed by atoms with Gasteiger partial charge in [-0.25, -0.2) is 4.39 Å². The lowest BCUT2D eigenvalue weighted by Crippen LogP contribution is -2.23. The van der Waals surface area contributed by atoms with Gasteiger partial charge in [-0.1, -0.05) is 23.7 Å². The number of anilines is 2. The highest BCUT2D eigenvalue weighted by Gasteiger charge is 2.50. The van der Waals surface area contributed by atoms with Crippen molar-refractivity contribution >= 4 is 29.0 Å². The quantitative estimate of drug-likeness (QED) is 0.467. The second-order valence-corrected chi connectivity index (χ2v) is 10.1. The largest absolute Gasteiger partial charge is 0.497 e. The van der Waals surface area contributed by atoms with E-state index in [4.69, 9.17) is 22.1 Å². The first kappa shape index (κ1) is 23.6. The number of halogens is 2. The third kappa shape index (κ3) is 4.25. The van der Waals surface area contributed by atoms with Crippen molar-refractivity contribution in [3.8, 4) is 5.75 Å². The number of carbonyl (C=O) groups excluding carboxylic acids is 1. The Balaban J connectivity index is 1.34. The van der Waals surface area contributed by atoms with E-state index in [0.29, 0.717) is 41.6 Å². The fraction of sp³-hybridized carbons (Fsp3) is 0.385. The molecule has 5 rings (SSSR count). The maximum absolute atomic E-state index is 13.5. The van der Waals surface area contributed by atoms with E-state index in [1.54, 1.807) is 14.2 Å². The second kappa shape index (κ2) is 8.84. The van der Waals surface area contributed by atoms with Gasteiger partial charge in [0, 0.05) is 18.7 Å². The van der Waals surface area contributed by atoms with E-state index >= 15 is 0 Å². The first-order valence-electron chi connectivity index (χ1n) is 11.6. The minimum absolute atomic E-state index is 0.0615. The van der Waals surface area contributed by atoms with Gasteiger partial charge >= 0.3 is 0 Å². The average Bonchev–Trinajstić information content (AvgIpc) is 3.46. The molecule has 7 nitrogen and oxygen atoms in total. The van der Waals surface area contributed by atoms with Crippen LogP contribution in [-0.4, -0.2) is 27.9 Å². The number of hydrogen-bond acceptors (Lipinski definition) is 5. The molecule has 2 unspecified atom stereocenters. The van der Waals surface area contributed by atoms with Gasteiger partial charge in [0.05, 0.1) is 23.4 Å². The van der Waals surface area contributed by atoms with Gasteiger partial charge < -0.3 is 20.9 Å². The Morgan fingerprint density at radius 1 is 1.23 bits per heavy atom. The molecule has 2 fully saturated rings. The van der Waals surface area contributed by atoms with Crippen molar-refractivity contribution in [2.75, 3.05) is 18.2 Å². The summed E-state index contributed by atoms with van der Waals surface area (Å²) in [4.78, 5) is 13.2. The highest BCUT2D eigenvalue weighted by molar-refractivity contribution is 6.31. The van der Waals surface area contributed by atoms with Crippen LogP contribution in [0.4, 0.5) is 15.9 Å². The van der Waals surface area contributed by atoms with Crippen LogP contribution < -0.4 is 15.8 Å². The number of aryl methyl sites for hydroxylation is 1. The van der Waals surface area contributed by atoms with Gasteiger partial charge in [-0.3, -0.25) is 9.48 Å². The lowest BCUT2D eigenvalue weighted by molar-refractivity contribution is 0.0344. The normalized spacial score (nSPS) is 25.5. The molecule has 0 saturated heterocycles. The van der Waals surface area contributed by atoms with Gasteiger partial charge in [0.1, 0.15) is 22.9 Å². The fourth-order valence-electron chi connectivity index (χ4n) is 5.87. The van der Waals surface area contributed by atoms with E-state index in [9.17, 15) is 14.3 Å². The molecule has 0 radical (unpaired) electrons. The summed E-state index contributed by atoms with van der Waals surface area (Å²) in [6.45, 7) is 0. The number of nitrogen functional groups attached to an aromatic ring is 1. The number of rotatable bonds is 5. The number of hydrogen-bond donors (Lipinski definition) is 3. The lowest BCUT2D eigenvalue weighted by Gasteiger charge is -2.25. The minimum Gasteiger partial charge on any atom is -0.497 e.